The van der Waals surface area contributed by atoms with Crippen molar-refractivity contribution >= 4 is 130 Å². The van der Waals surface area contributed by atoms with Crippen molar-refractivity contribution in [2.24, 2.45) is 0 Å². The van der Waals surface area contributed by atoms with Gasteiger partial charge in [-0.3, -0.25) is 0 Å². The van der Waals surface area contributed by atoms with E-state index in [1.54, 1.807) is 0 Å². The third-order valence-electron chi connectivity index (χ3n) is 22.8. The van der Waals surface area contributed by atoms with E-state index in [0.29, 0.717) is 11.6 Å². The highest BCUT2D eigenvalue weighted by Crippen LogP contribution is 2.46. The van der Waals surface area contributed by atoms with E-state index < -0.39 is 0 Å². The third-order valence-corrected chi connectivity index (χ3v) is 22.8. The second kappa shape index (κ2) is 26.5. The summed E-state index contributed by atoms with van der Waals surface area (Å²) in [5.41, 5.74) is 22.0. The van der Waals surface area contributed by atoms with Gasteiger partial charge in [0.1, 0.15) is 0 Å². The molecule has 23 rings (SSSR count). The molecule has 0 aliphatic carbocycles. The summed E-state index contributed by atoms with van der Waals surface area (Å²) in [7, 11) is 0. The molecule has 4 aromatic heterocycles. The Balaban J connectivity index is 0.000000138. The molecular formula is C106H66N6. The Morgan fingerprint density at radius 2 is 0.438 bits per heavy atom. The Labute approximate surface area is 645 Å². The zero-order chi connectivity index (χ0) is 73.7. The summed E-state index contributed by atoms with van der Waals surface area (Å²) in [6.45, 7) is 0. The van der Waals surface area contributed by atoms with Gasteiger partial charge in [0.25, 0.3) is 0 Å². The largest absolute Gasteiger partial charge is 0.309 e. The molecule has 0 saturated heterocycles. The molecule has 520 valence electrons. The van der Waals surface area contributed by atoms with Crippen LogP contribution in [0.1, 0.15) is 0 Å². The van der Waals surface area contributed by atoms with E-state index in [1.807, 2.05) is 0 Å². The Morgan fingerprint density at radius 3 is 0.830 bits per heavy atom. The highest BCUT2D eigenvalue weighted by Gasteiger charge is 2.24. The standard InChI is InChI=1S/C56H35N3.C50H31N3/c1-2-12-36(13-3-1)37-22-24-38(25-23-37)39-26-28-42(29-27-39)55-48-20-10-11-21-49(48)57-56(58-55)47-32-35-50(46-19-9-8-18-45(46)47)59-51-33-30-40-14-4-6-16-43(40)53(51)54-44-17-7-5-15-41(44)31-34-52(54)59;1-2-12-32(13-3-1)33-24-26-36(27-25-33)49-42-18-8-9-22-43(42)51-50(52-49)41-21-10-20-40-39(41)19-11-23-44(40)53-45-30-28-34-14-4-6-16-37(34)47(45)48-38-17-7-5-15-35(38)29-31-46(48)53/h1-35H;1-31H. The number of hydrogen-bond acceptors (Lipinski definition) is 4. The highest BCUT2D eigenvalue weighted by atomic mass is 15.0. The summed E-state index contributed by atoms with van der Waals surface area (Å²) in [5.74, 6) is 1.43. The molecule has 0 radical (unpaired) electrons. The fourth-order valence-electron chi connectivity index (χ4n) is 17.6. The fourth-order valence-corrected chi connectivity index (χ4v) is 17.6. The molecule has 0 atom stereocenters. The number of benzene rings is 19. The molecular weight excluding hydrogens is 1360 g/mol. The van der Waals surface area contributed by atoms with Crippen molar-refractivity contribution in [3.05, 3.63) is 400 Å². The van der Waals surface area contributed by atoms with Crippen molar-refractivity contribution in [1.82, 2.24) is 29.1 Å². The van der Waals surface area contributed by atoms with Gasteiger partial charge in [-0.2, -0.15) is 0 Å². The molecule has 0 spiro atoms. The molecule has 19 aromatic carbocycles. The quantitative estimate of drug-likeness (QED) is 0.144. The topological polar surface area (TPSA) is 61.4 Å². The average molecular weight is 1420 g/mol. The van der Waals surface area contributed by atoms with E-state index in [1.165, 1.54) is 120 Å². The molecule has 112 heavy (non-hydrogen) atoms. The van der Waals surface area contributed by atoms with Crippen LogP contribution in [-0.4, -0.2) is 29.1 Å². The van der Waals surface area contributed by atoms with Crippen LogP contribution in [0, 0.1) is 0 Å². The molecule has 0 fully saturated rings. The summed E-state index contributed by atoms with van der Waals surface area (Å²) in [4.78, 5) is 21.1. The Kier molecular flexibility index (Phi) is 15.2. The average Bonchev–Trinajstić information content (AvgIpc) is 1.53. The van der Waals surface area contributed by atoms with Gasteiger partial charge in [0, 0.05) is 65.3 Å². The second-order valence-corrected chi connectivity index (χ2v) is 29.0. The van der Waals surface area contributed by atoms with E-state index in [4.69, 9.17) is 19.9 Å². The molecule has 0 aliphatic heterocycles. The summed E-state index contributed by atoms with van der Waals surface area (Å²) in [6.07, 6.45) is 0. The van der Waals surface area contributed by atoms with Crippen LogP contribution in [0.15, 0.2) is 400 Å². The lowest BCUT2D eigenvalue weighted by molar-refractivity contribution is 1.19. The Bertz CT molecular complexity index is 7530. The van der Waals surface area contributed by atoms with Crippen molar-refractivity contribution in [3.63, 3.8) is 0 Å². The minimum absolute atomic E-state index is 0.709. The van der Waals surface area contributed by atoms with Gasteiger partial charge in [-0.05, 0) is 142 Å². The molecule has 6 heteroatoms. The predicted octanol–water partition coefficient (Wildman–Crippen LogP) is 28.0. The van der Waals surface area contributed by atoms with E-state index in [-0.39, 0.29) is 0 Å². The first kappa shape index (κ1) is 64.2. The zero-order valence-electron chi connectivity index (χ0n) is 60.8. The minimum atomic E-state index is 0.709. The van der Waals surface area contributed by atoms with Crippen LogP contribution >= 0.6 is 0 Å². The Hall–Kier alpha value is -15.0. The van der Waals surface area contributed by atoms with Crippen molar-refractivity contribution in [2.45, 2.75) is 0 Å². The zero-order valence-corrected chi connectivity index (χ0v) is 60.8. The summed E-state index contributed by atoms with van der Waals surface area (Å²) < 4.78 is 4.91. The molecule has 0 bridgehead atoms. The monoisotopic (exact) mass is 1420 g/mol. The molecule has 6 nitrogen and oxygen atoms in total. The van der Waals surface area contributed by atoms with Crippen molar-refractivity contribution in [2.75, 3.05) is 0 Å². The van der Waals surface area contributed by atoms with Gasteiger partial charge in [0.15, 0.2) is 11.6 Å². The van der Waals surface area contributed by atoms with Crippen LogP contribution in [0.4, 0.5) is 0 Å². The van der Waals surface area contributed by atoms with Crippen LogP contribution in [0.3, 0.4) is 0 Å². The van der Waals surface area contributed by atoms with Gasteiger partial charge in [-0.25, -0.2) is 19.9 Å². The lowest BCUT2D eigenvalue weighted by atomic mass is 9.98. The first-order valence-electron chi connectivity index (χ1n) is 38.2. The van der Waals surface area contributed by atoms with Gasteiger partial charge in [-0.1, -0.05) is 346 Å². The number of nitrogens with zero attached hydrogens (tertiary/aromatic N) is 6. The van der Waals surface area contributed by atoms with E-state index in [2.05, 4.69) is 410 Å². The smallest absolute Gasteiger partial charge is 0.161 e. The lowest BCUT2D eigenvalue weighted by Crippen LogP contribution is -1.99. The number of rotatable bonds is 9. The number of aromatic nitrogens is 6. The summed E-state index contributed by atoms with van der Waals surface area (Å²) in [5, 5.41) is 21.7. The summed E-state index contributed by atoms with van der Waals surface area (Å²) >= 11 is 0. The van der Waals surface area contributed by atoms with E-state index in [0.717, 1.165) is 88.4 Å². The number of hydrogen-bond donors (Lipinski definition) is 0. The van der Waals surface area contributed by atoms with E-state index >= 15 is 0 Å². The van der Waals surface area contributed by atoms with Crippen LogP contribution in [0.25, 0.3) is 220 Å². The lowest BCUT2D eigenvalue weighted by Gasteiger charge is -2.16. The molecule has 0 N–H and O–H groups in total. The normalized spacial score (nSPS) is 11.8. The van der Waals surface area contributed by atoms with Crippen molar-refractivity contribution in [3.8, 4) is 90.0 Å². The molecule has 4 heterocycles. The molecule has 0 aliphatic rings. The van der Waals surface area contributed by atoms with Gasteiger partial charge in [0.05, 0.1) is 55.9 Å². The van der Waals surface area contributed by atoms with Crippen LogP contribution < -0.4 is 0 Å². The van der Waals surface area contributed by atoms with E-state index in [9.17, 15) is 0 Å². The fraction of sp³-hybridized carbons (Fsp3) is 0. The molecule has 0 unspecified atom stereocenters. The Morgan fingerprint density at radius 1 is 0.161 bits per heavy atom. The van der Waals surface area contributed by atoms with Gasteiger partial charge in [-0.15, -0.1) is 0 Å². The second-order valence-electron chi connectivity index (χ2n) is 29.0. The maximum atomic E-state index is 5.38. The number of para-hydroxylation sites is 2. The van der Waals surface area contributed by atoms with Gasteiger partial charge < -0.3 is 9.13 Å². The maximum Gasteiger partial charge on any atom is 0.161 e. The number of fused-ring (bicyclic) bond motifs is 18. The first-order valence-corrected chi connectivity index (χ1v) is 38.2. The highest BCUT2D eigenvalue weighted by molar-refractivity contribution is 6.30. The minimum Gasteiger partial charge on any atom is -0.309 e. The molecule has 0 saturated carbocycles. The molecule has 0 amide bonds. The maximum absolute atomic E-state index is 5.38. The van der Waals surface area contributed by atoms with Gasteiger partial charge in [0.2, 0.25) is 0 Å². The predicted molar refractivity (Wildman–Crippen MR) is 471 cm³/mol. The van der Waals surface area contributed by atoms with Crippen molar-refractivity contribution < 1.29 is 0 Å². The van der Waals surface area contributed by atoms with Crippen LogP contribution in [-0.2, 0) is 0 Å². The van der Waals surface area contributed by atoms with Gasteiger partial charge >= 0.3 is 0 Å². The summed E-state index contributed by atoms with van der Waals surface area (Å²) in [6, 6.07) is 143. The van der Waals surface area contributed by atoms with Crippen molar-refractivity contribution in [1.29, 1.82) is 0 Å². The SMILES string of the molecule is c1ccc(-c2ccc(-c3ccc(-c4nc(-c5ccc(-n6c7ccc8ccccc8c7c7c8ccccc8ccc76)c6ccccc56)nc5ccccc45)cc3)cc2)cc1.c1ccc(-c2ccc(-c3nc(-c4cccc5c(-n6c7ccc8ccccc8c7c7c8ccccc8ccc76)cccc45)nc4ccccc34)cc2)cc1. The first-order chi connectivity index (χ1) is 55.6. The molecule has 23 aromatic rings. The van der Waals surface area contributed by atoms with Crippen LogP contribution in [0.5, 0.6) is 0 Å². The van der Waals surface area contributed by atoms with Crippen LogP contribution in [0.2, 0.25) is 0 Å². The third kappa shape index (κ3) is 10.6.